The topological polar surface area (TPSA) is 111 Å². The summed E-state index contributed by atoms with van der Waals surface area (Å²) < 4.78 is 0. The van der Waals surface area contributed by atoms with Crippen LogP contribution in [-0.2, 0) is 4.79 Å². The van der Waals surface area contributed by atoms with Crippen molar-refractivity contribution in [3.05, 3.63) is 63.0 Å². The fraction of sp³-hybridized carbons (Fsp3) is 0.0556. The van der Waals surface area contributed by atoms with Crippen LogP contribution in [0.4, 0.5) is 16.6 Å². The standard InChI is InChI=1S/C18H14Cl2N4O2S2/c19-11-5-2-6-12(20)14(11)15(26)16-17(22)24-18(28-16)23-9-3-1-4-10(7-9)27-8-13(21)25/h1-7H,8,22H2,(H2,21,25)(H,23,24). The zero-order chi connectivity index (χ0) is 20.3. The minimum Gasteiger partial charge on any atom is -0.382 e. The molecule has 0 saturated carbocycles. The summed E-state index contributed by atoms with van der Waals surface area (Å²) >= 11 is 14.7. The molecule has 0 unspecified atom stereocenters. The third kappa shape index (κ3) is 4.77. The van der Waals surface area contributed by atoms with Gasteiger partial charge in [-0.3, -0.25) is 9.59 Å². The van der Waals surface area contributed by atoms with Gasteiger partial charge in [-0.2, -0.15) is 0 Å². The van der Waals surface area contributed by atoms with Crippen LogP contribution in [0.3, 0.4) is 0 Å². The molecule has 0 aliphatic rings. The number of benzene rings is 2. The molecule has 6 nitrogen and oxygen atoms in total. The molecule has 5 N–H and O–H groups in total. The van der Waals surface area contributed by atoms with Gasteiger partial charge in [0, 0.05) is 10.6 Å². The molecule has 0 spiro atoms. The highest BCUT2D eigenvalue weighted by Gasteiger charge is 2.22. The molecule has 2 aromatic carbocycles. The van der Waals surface area contributed by atoms with E-state index >= 15 is 0 Å². The number of carbonyl (C=O) groups excluding carboxylic acids is 2. The maximum Gasteiger partial charge on any atom is 0.227 e. The number of hydrogen-bond donors (Lipinski definition) is 3. The molecule has 10 heteroatoms. The molecule has 0 saturated heterocycles. The van der Waals surface area contributed by atoms with Gasteiger partial charge in [0.1, 0.15) is 10.7 Å². The van der Waals surface area contributed by atoms with E-state index in [1.54, 1.807) is 18.2 Å². The van der Waals surface area contributed by atoms with Gasteiger partial charge in [0.2, 0.25) is 11.7 Å². The Bertz CT molecular complexity index is 1040. The van der Waals surface area contributed by atoms with E-state index in [0.29, 0.717) is 5.13 Å². The van der Waals surface area contributed by atoms with Crippen molar-refractivity contribution in [2.75, 3.05) is 16.8 Å². The van der Waals surface area contributed by atoms with Gasteiger partial charge in [0.15, 0.2) is 5.13 Å². The number of primary amides is 1. The SMILES string of the molecule is NC(=O)CSc1cccc(Nc2nc(N)c(C(=O)c3c(Cl)cccc3Cl)s2)c1. The van der Waals surface area contributed by atoms with Crippen molar-refractivity contribution >= 4 is 74.6 Å². The highest BCUT2D eigenvalue weighted by Crippen LogP contribution is 2.34. The number of thioether (sulfide) groups is 1. The minimum absolute atomic E-state index is 0.0905. The molecule has 3 rings (SSSR count). The molecule has 0 aliphatic heterocycles. The summed E-state index contributed by atoms with van der Waals surface area (Å²) in [5.41, 5.74) is 12.0. The van der Waals surface area contributed by atoms with E-state index in [1.165, 1.54) is 11.8 Å². The summed E-state index contributed by atoms with van der Waals surface area (Å²) in [5, 5.41) is 4.05. The molecular weight excluding hydrogens is 439 g/mol. The summed E-state index contributed by atoms with van der Waals surface area (Å²) in [6.45, 7) is 0. The molecule has 1 heterocycles. The van der Waals surface area contributed by atoms with Gasteiger partial charge in [-0.25, -0.2) is 4.98 Å². The lowest BCUT2D eigenvalue weighted by Crippen LogP contribution is -2.12. The average molecular weight is 453 g/mol. The maximum absolute atomic E-state index is 12.8. The number of halogens is 2. The first-order valence-corrected chi connectivity index (χ1v) is 10.4. The van der Waals surface area contributed by atoms with Gasteiger partial charge in [-0.05, 0) is 30.3 Å². The second-order valence-electron chi connectivity index (χ2n) is 5.57. The first kappa shape index (κ1) is 20.5. The van der Waals surface area contributed by atoms with Crippen LogP contribution in [0.25, 0.3) is 0 Å². The van der Waals surface area contributed by atoms with Gasteiger partial charge in [0.25, 0.3) is 0 Å². The molecule has 1 amide bonds. The second-order valence-corrected chi connectivity index (χ2v) is 8.43. The lowest BCUT2D eigenvalue weighted by Gasteiger charge is -2.05. The van der Waals surface area contributed by atoms with Gasteiger partial charge >= 0.3 is 0 Å². The van der Waals surface area contributed by atoms with Crippen molar-refractivity contribution in [3.8, 4) is 0 Å². The van der Waals surface area contributed by atoms with Crippen LogP contribution < -0.4 is 16.8 Å². The molecule has 0 bridgehead atoms. The number of nitrogens with two attached hydrogens (primary N) is 2. The average Bonchev–Trinajstić information content (AvgIpc) is 3.00. The Kier molecular flexibility index (Phi) is 6.46. The zero-order valence-corrected chi connectivity index (χ0v) is 17.4. The van der Waals surface area contributed by atoms with Gasteiger partial charge in [-0.15, -0.1) is 11.8 Å². The number of nitrogen functional groups attached to an aromatic ring is 1. The number of nitrogens with zero attached hydrogens (tertiary/aromatic N) is 1. The van der Waals surface area contributed by atoms with Crippen molar-refractivity contribution in [2.45, 2.75) is 4.90 Å². The number of thiazole rings is 1. The van der Waals surface area contributed by atoms with Crippen molar-refractivity contribution in [1.29, 1.82) is 0 Å². The summed E-state index contributed by atoms with van der Waals surface area (Å²) in [6.07, 6.45) is 0. The molecule has 3 aromatic rings. The number of carbonyl (C=O) groups is 2. The quantitative estimate of drug-likeness (QED) is 0.357. The first-order chi connectivity index (χ1) is 13.3. The predicted molar refractivity (Wildman–Crippen MR) is 116 cm³/mol. The molecule has 144 valence electrons. The number of hydrogen-bond acceptors (Lipinski definition) is 7. The van der Waals surface area contributed by atoms with Crippen LogP contribution in [0.15, 0.2) is 47.4 Å². The Balaban J connectivity index is 1.82. The second kappa shape index (κ2) is 8.83. The van der Waals surface area contributed by atoms with E-state index in [0.717, 1.165) is 21.9 Å². The number of aromatic nitrogens is 1. The fourth-order valence-electron chi connectivity index (χ4n) is 2.32. The fourth-order valence-corrected chi connectivity index (χ4v) is 4.43. The van der Waals surface area contributed by atoms with Crippen LogP contribution in [0, 0.1) is 0 Å². The molecular formula is C18H14Cl2N4O2S2. The zero-order valence-electron chi connectivity index (χ0n) is 14.2. The minimum atomic E-state index is -0.391. The Morgan fingerprint density at radius 3 is 2.50 bits per heavy atom. The van der Waals surface area contributed by atoms with E-state index in [9.17, 15) is 9.59 Å². The number of nitrogens with one attached hydrogen (secondary N) is 1. The molecule has 0 atom stereocenters. The number of amides is 1. The van der Waals surface area contributed by atoms with E-state index < -0.39 is 5.91 Å². The van der Waals surface area contributed by atoms with Gasteiger partial charge in [-0.1, -0.05) is 46.7 Å². The lowest BCUT2D eigenvalue weighted by molar-refractivity contribution is -0.115. The predicted octanol–water partition coefficient (Wildman–Crippen LogP) is 4.58. The third-order valence-corrected chi connectivity index (χ3v) is 6.15. The van der Waals surface area contributed by atoms with E-state index in [-0.39, 0.29) is 37.8 Å². The van der Waals surface area contributed by atoms with Crippen molar-refractivity contribution in [3.63, 3.8) is 0 Å². The van der Waals surface area contributed by atoms with Gasteiger partial charge in [0.05, 0.1) is 21.4 Å². The Labute approximate surface area is 179 Å². The van der Waals surface area contributed by atoms with E-state index in [2.05, 4.69) is 10.3 Å². The summed E-state index contributed by atoms with van der Waals surface area (Å²) in [7, 11) is 0. The van der Waals surface area contributed by atoms with E-state index in [4.69, 9.17) is 34.7 Å². The Morgan fingerprint density at radius 1 is 1.14 bits per heavy atom. The summed E-state index contributed by atoms with van der Waals surface area (Å²) in [4.78, 5) is 29.1. The Morgan fingerprint density at radius 2 is 1.82 bits per heavy atom. The molecule has 1 aromatic heterocycles. The van der Waals surface area contributed by atoms with E-state index in [1.807, 2.05) is 24.3 Å². The highest BCUT2D eigenvalue weighted by atomic mass is 35.5. The smallest absolute Gasteiger partial charge is 0.227 e. The largest absolute Gasteiger partial charge is 0.382 e. The van der Waals surface area contributed by atoms with Crippen molar-refractivity contribution in [2.24, 2.45) is 5.73 Å². The van der Waals surface area contributed by atoms with Crippen LogP contribution in [0.1, 0.15) is 15.2 Å². The Hall–Kier alpha value is -2.26. The summed E-state index contributed by atoms with van der Waals surface area (Å²) in [5.74, 6) is -0.500. The molecule has 0 aliphatic carbocycles. The lowest BCUT2D eigenvalue weighted by atomic mass is 10.1. The van der Waals surface area contributed by atoms with Crippen molar-refractivity contribution < 1.29 is 9.59 Å². The van der Waals surface area contributed by atoms with Crippen LogP contribution >= 0.6 is 46.3 Å². The van der Waals surface area contributed by atoms with Crippen LogP contribution in [0.2, 0.25) is 10.0 Å². The monoisotopic (exact) mass is 452 g/mol. The normalized spacial score (nSPS) is 10.6. The molecule has 0 fully saturated rings. The number of anilines is 3. The number of rotatable bonds is 7. The van der Waals surface area contributed by atoms with Crippen molar-refractivity contribution in [1.82, 2.24) is 4.98 Å². The third-order valence-electron chi connectivity index (χ3n) is 3.52. The summed E-state index contributed by atoms with van der Waals surface area (Å²) in [6, 6.07) is 12.2. The first-order valence-electron chi connectivity index (χ1n) is 7.88. The highest BCUT2D eigenvalue weighted by molar-refractivity contribution is 8.00. The van der Waals surface area contributed by atoms with Crippen LogP contribution in [-0.4, -0.2) is 22.4 Å². The van der Waals surface area contributed by atoms with Gasteiger partial charge < -0.3 is 16.8 Å². The van der Waals surface area contributed by atoms with Crippen LogP contribution in [0.5, 0.6) is 0 Å². The number of ketones is 1. The molecule has 28 heavy (non-hydrogen) atoms. The maximum atomic E-state index is 12.8. The molecule has 0 radical (unpaired) electrons.